The van der Waals surface area contributed by atoms with Gasteiger partial charge in [0.05, 0.1) is 0 Å². The zero-order valence-electron chi connectivity index (χ0n) is 10.3. The van der Waals surface area contributed by atoms with Crippen molar-refractivity contribution in [2.45, 2.75) is 32.9 Å². The van der Waals surface area contributed by atoms with Crippen LogP contribution in [-0.2, 0) is 17.8 Å². The van der Waals surface area contributed by atoms with E-state index in [1.807, 2.05) is 23.6 Å². The van der Waals surface area contributed by atoms with E-state index in [2.05, 4.69) is 0 Å². The summed E-state index contributed by atoms with van der Waals surface area (Å²) in [5.74, 6) is 0.549. The lowest BCUT2D eigenvalue weighted by Gasteiger charge is -2.24. The van der Waals surface area contributed by atoms with Crippen LogP contribution in [0.3, 0.4) is 0 Å². The Kier molecular flexibility index (Phi) is 3.97. The smallest absolute Gasteiger partial charge is 0.255 e. The van der Waals surface area contributed by atoms with Crippen LogP contribution < -0.4 is 11.3 Å². The van der Waals surface area contributed by atoms with E-state index in [-0.39, 0.29) is 5.56 Å². The molecule has 0 aromatic carbocycles. The van der Waals surface area contributed by atoms with E-state index in [9.17, 15) is 4.79 Å². The van der Waals surface area contributed by atoms with Crippen LogP contribution in [0.2, 0.25) is 0 Å². The average Bonchev–Trinajstić information content (AvgIpc) is 2.36. The highest BCUT2D eigenvalue weighted by Crippen LogP contribution is 2.16. The first kappa shape index (κ1) is 12.3. The maximum atomic E-state index is 12.1. The highest BCUT2D eigenvalue weighted by Gasteiger charge is 2.16. The van der Waals surface area contributed by atoms with Gasteiger partial charge in [0.25, 0.3) is 5.56 Å². The molecule has 0 bridgehead atoms. The second kappa shape index (κ2) is 5.47. The maximum absolute atomic E-state index is 12.1. The van der Waals surface area contributed by atoms with E-state index in [1.165, 1.54) is 0 Å². The molecule has 4 heteroatoms. The highest BCUT2D eigenvalue weighted by molar-refractivity contribution is 5.15. The normalized spacial score (nSPS) is 17.3. The number of nitrogens with two attached hydrogens (primary N) is 1. The molecule has 2 heterocycles. The molecule has 0 radical (unpaired) electrons. The summed E-state index contributed by atoms with van der Waals surface area (Å²) in [5.41, 5.74) is 7.35. The van der Waals surface area contributed by atoms with Crippen LogP contribution >= 0.6 is 0 Å². The van der Waals surface area contributed by atoms with Crippen LogP contribution in [0.25, 0.3) is 0 Å². The summed E-state index contributed by atoms with van der Waals surface area (Å²) in [7, 11) is 0. The van der Waals surface area contributed by atoms with Gasteiger partial charge in [-0.15, -0.1) is 0 Å². The minimum Gasteiger partial charge on any atom is -0.381 e. The second-order valence-corrected chi connectivity index (χ2v) is 4.68. The van der Waals surface area contributed by atoms with Gasteiger partial charge in [-0.2, -0.15) is 0 Å². The molecule has 1 aromatic heterocycles. The van der Waals surface area contributed by atoms with Crippen LogP contribution in [0.4, 0.5) is 0 Å². The average molecular weight is 236 g/mol. The molecule has 4 nitrogen and oxygen atoms in total. The van der Waals surface area contributed by atoms with Crippen molar-refractivity contribution in [2.75, 3.05) is 13.2 Å². The van der Waals surface area contributed by atoms with E-state index in [1.54, 1.807) is 0 Å². The number of rotatable bonds is 3. The van der Waals surface area contributed by atoms with Crippen molar-refractivity contribution in [1.82, 2.24) is 4.57 Å². The molecule has 94 valence electrons. The van der Waals surface area contributed by atoms with E-state index >= 15 is 0 Å². The van der Waals surface area contributed by atoms with Gasteiger partial charge in [-0.25, -0.2) is 0 Å². The lowest BCUT2D eigenvalue weighted by atomic mass is 10.00. The third kappa shape index (κ3) is 2.76. The van der Waals surface area contributed by atoms with Gasteiger partial charge in [-0.1, -0.05) is 6.07 Å². The molecule has 1 aliphatic rings. The molecule has 1 aromatic rings. The largest absolute Gasteiger partial charge is 0.381 e. The quantitative estimate of drug-likeness (QED) is 0.853. The number of nitrogens with zero attached hydrogens (tertiary/aromatic N) is 1. The Morgan fingerprint density at radius 2 is 2.12 bits per heavy atom. The second-order valence-electron chi connectivity index (χ2n) is 4.68. The van der Waals surface area contributed by atoms with Crippen molar-refractivity contribution < 1.29 is 4.74 Å². The van der Waals surface area contributed by atoms with Crippen molar-refractivity contribution in [3.05, 3.63) is 33.7 Å². The summed E-state index contributed by atoms with van der Waals surface area (Å²) in [6.45, 7) is 4.71. The van der Waals surface area contributed by atoms with Gasteiger partial charge in [0.2, 0.25) is 0 Å². The molecule has 0 saturated carbocycles. The van der Waals surface area contributed by atoms with Gasteiger partial charge >= 0.3 is 0 Å². The fourth-order valence-electron chi connectivity index (χ4n) is 2.29. The van der Waals surface area contributed by atoms with Crippen molar-refractivity contribution in [3.63, 3.8) is 0 Å². The summed E-state index contributed by atoms with van der Waals surface area (Å²) >= 11 is 0. The number of hydrogen-bond donors (Lipinski definition) is 1. The molecule has 0 aliphatic carbocycles. The van der Waals surface area contributed by atoms with E-state index in [0.717, 1.165) is 38.3 Å². The van der Waals surface area contributed by atoms with Crippen LogP contribution in [0.1, 0.15) is 24.1 Å². The van der Waals surface area contributed by atoms with Crippen LogP contribution in [-0.4, -0.2) is 17.8 Å². The Bertz CT molecular complexity index is 434. The molecule has 2 N–H and O–H groups in total. The van der Waals surface area contributed by atoms with E-state index < -0.39 is 0 Å². The number of aromatic nitrogens is 1. The van der Waals surface area contributed by atoms with Crippen molar-refractivity contribution in [1.29, 1.82) is 0 Å². The van der Waals surface area contributed by atoms with Gasteiger partial charge < -0.3 is 15.0 Å². The monoisotopic (exact) mass is 236 g/mol. The number of hydrogen-bond acceptors (Lipinski definition) is 3. The maximum Gasteiger partial charge on any atom is 0.255 e. The Balaban J connectivity index is 2.21. The molecular formula is C13H20N2O2. The standard InChI is InChI=1S/C13H20N2O2/c1-10-2-3-12(8-14)13(16)15(10)9-11-4-6-17-7-5-11/h2-3,11H,4-9,14H2,1H3. The molecule has 1 fully saturated rings. The number of ether oxygens (including phenoxy) is 1. The summed E-state index contributed by atoms with van der Waals surface area (Å²) in [6, 6.07) is 3.81. The summed E-state index contributed by atoms with van der Waals surface area (Å²) in [6.07, 6.45) is 2.08. The van der Waals surface area contributed by atoms with Gasteiger partial charge in [0.1, 0.15) is 0 Å². The number of aryl methyl sites for hydroxylation is 1. The third-order valence-electron chi connectivity index (χ3n) is 3.47. The molecule has 0 amide bonds. The fourth-order valence-corrected chi connectivity index (χ4v) is 2.29. The fraction of sp³-hybridized carbons (Fsp3) is 0.615. The topological polar surface area (TPSA) is 57.2 Å². The first-order chi connectivity index (χ1) is 8.22. The lowest BCUT2D eigenvalue weighted by Crippen LogP contribution is -2.31. The molecule has 0 atom stereocenters. The first-order valence-corrected chi connectivity index (χ1v) is 6.19. The lowest BCUT2D eigenvalue weighted by molar-refractivity contribution is 0.0607. The number of pyridine rings is 1. The highest BCUT2D eigenvalue weighted by atomic mass is 16.5. The first-order valence-electron chi connectivity index (χ1n) is 6.19. The molecule has 17 heavy (non-hydrogen) atoms. The third-order valence-corrected chi connectivity index (χ3v) is 3.47. The van der Waals surface area contributed by atoms with Gasteiger partial charge in [-0.05, 0) is 31.7 Å². The Morgan fingerprint density at radius 3 is 2.76 bits per heavy atom. The van der Waals surface area contributed by atoms with Crippen LogP contribution in [0, 0.1) is 12.8 Å². The molecule has 1 aliphatic heterocycles. The zero-order valence-corrected chi connectivity index (χ0v) is 10.3. The van der Waals surface area contributed by atoms with E-state index in [0.29, 0.717) is 18.0 Å². The SMILES string of the molecule is Cc1ccc(CN)c(=O)n1CC1CCOCC1. The van der Waals surface area contributed by atoms with Gasteiger partial charge in [0.15, 0.2) is 0 Å². The molecule has 2 rings (SSSR count). The summed E-state index contributed by atoms with van der Waals surface area (Å²) in [5, 5.41) is 0. The molecule has 1 saturated heterocycles. The molecule has 0 unspecified atom stereocenters. The summed E-state index contributed by atoms with van der Waals surface area (Å²) < 4.78 is 7.19. The Morgan fingerprint density at radius 1 is 1.41 bits per heavy atom. The predicted molar refractivity (Wildman–Crippen MR) is 66.9 cm³/mol. The van der Waals surface area contributed by atoms with Gasteiger partial charge in [0, 0.05) is 37.6 Å². The van der Waals surface area contributed by atoms with Crippen molar-refractivity contribution in [3.8, 4) is 0 Å². The molecule has 0 spiro atoms. The Labute approximate surface area is 101 Å². The minimum absolute atomic E-state index is 0.0685. The summed E-state index contributed by atoms with van der Waals surface area (Å²) in [4.78, 5) is 12.1. The van der Waals surface area contributed by atoms with Crippen LogP contribution in [0.15, 0.2) is 16.9 Å². The zero-order chi connectivity index (χ0) is 12.3. The minimum atomic E-state index is 0.0685. The Hall–Kier alpha value is -1.13. The van der Waals surface area contributed by atoms with Crippen LogP contribution in [0.5, 0.6) is 0 Å². The predicted octanol–water partition coefficient (Wildman–Crippen LogP) is 1.04. The van der Waals surface area contributed by atoms with Crippen molar-refractivity contribution >= 4 is 0 Å². The van der Waals surface area contributed by atoms with Gasteiger partial charge in [-0.3, -0.25) is 4.79 Å². The molecular weight excluding hydrogens is 216 g/mol. The van der Waals surface area contributed by atoms with E-state index in [4.69, 9.17) is 10.5 Å². The van der Waals surface area contributed by atoms with Crippen molar-refractivity contribution in [2.24, 2.45) is 11.7 Å².